The normalized spacial score (nSPS) is 13.1. The Hall–Kier alpha value is -0.870. The van der Waals surface area contributed by atoms with Crippen molar-refractivity contribution >= 4 is 7.60 Å². The molecule has 3 N–H and O–H groups in total. The van der Waals surface area contributed by atoms with Crippen molar-refractivity contribution in [1.29, 1.82) is 0 Å². The Morgan fingerprint density at radius 2 is 1.46 bits per heavy atom. The highest BCUT2D eigenvalue weighted by molar-refractivity contribution is 7.53. The van der Waals surface area contributed by atoms with E-state index in [1.807, 2.05) is 18.2 Å². The van der Waals surface area contributed by atoms with Crippen molar-refractivity contribution in [2.45, 2.75) is 65.2 Å². The van der Waals surface area contributed by atoms with Gasteiger partial charge in [0.2, 0.25) is 0 Å². The second-order valence-electron chi connectivity index (χ2n) is 5.71. The van der Waals surface area contributed by atoms with E-state index in [0.717, 1.165) is 12.8 Å². The first kappa shape index (κ1) is 23.1. The number of hydrogen-bond donors (Lipinski definition) is 1. The molecule has 0 bridgehead atoms. The van der Waals surface area contributed by atoms with Gasteiger partial charge in [-0.1, -0.05) is 81.7 Å². The van der Waals surface area contributed by atoms with Crippen molar-refractivity contribution in [1.82, 2.24) is 6.15 Å². The maximum absolute atomic E-state index is 12.4. The lowest BCUT2D eigenvalue weighted by Crippen LogP contribution is -2.03. The highest BCUT2D eigenvalue weighted by atomic mass is 31.2. The smallest absolute Gasteiger partial charge is 0.344 e. The summed E-state index contributed by atoms with van der Waals surface area (Å²) in [6, 6.07) is 9.04. The molecule has 0 fully saturated rings. The van der Waals surface area contributed by atoms with Gasteiger partial charge in [-0.2, -0.15) is 0 Å². The molecule has 0 amide bonds. The van der Waals surface area contributed by atoms with Crippen molar-refractivity contribution < 1.29 is 18.7 Å². The van der Waals surface area contributed by atoms with Crippen molar-refractivity contribution in [3.63, 3.8) is 0 Å². The van der Waals surface area contributed by atoms with Gasteiger partial charge in [0.05, 0.1) is 12.8 Å². The third kappa shape index (κ3) is 10.8. The van der Waals surface area contributed by atoms with E-state index in [1.165, 1.54) is 38.5 Å². The highest BCUT2D eigenvalue weighted by Crippen LogP contribution is 2.48. The molecule has 5 nitrogen and oxygen atoms in total. The Morgan fingerprint density at radius 1 is 0.875 bits per heavy atom. The van der Waals surface area contributed by atoms with Crippen LogP contribution in [0.1, 0.15) is 65.2 Å². The summed E-state index contributed by atoms with van der Waals surface area (Å²) in [5, 5.41) is 0. The number of hydrogen-bond acceptors (Lipinski definition) is 5. The van der Waals surface area contributed by atoms with E-state index in [0.29, 0.717) is 18.5 Å². The molecule has 1 aromatic rings. The summed E-state index contributed by atoms with van der Waals surface area (Å²) >= 11 is 0. The van der Waals surface area contributed by atoms with Gasteiger partial charge in [0.25, 0.3) is 0 Å². The molecule has 0 radical (unpaired) electrons. The summed E-state index contributed by atoms with van der Waals surface area (Å²) in [7, 11) is -3.16. The van der Waals surface area contributed by atoms with Gasteiger partial charge in [0, 0.05) is 0 Å². The number of para-hydroxylation sites is 1. The lowest BCUT2D eigenvalue weighted by atomic mass is 10.1. The molecule has 1 atom stereocenters. The maximum atomic E-state index is 12.4. The predicted molar refractivity (Wildman–Crippen MR) is 99.9 cm³/mol. The van der Waals surface area contributed by atoms with E-state index >= 15 is 0 Å². The molecule has 24 heavy (non-hydrogen) atoms. The van der Waals surface area contributed by atoms with E-state index in [-0.39, 0.29) is 6.15 Å². The molecule has 0 aliphatic heterocycles. The zero-order chi connectivity index (χ0) is 16.8. The molecule has 0 spiro atoms. The minimum atomic E-state index is -3.16. The van der Waals surface area contributed by atoms with E-state index < -0.39 is 7.60 Å². The summed E-state index contributed by atoms with van der Waals surface area (Å²) in [5.74, 6) is 0.525. The first-order valence-electron chi connectivity index (χ1n) is 8.85. The van der Waals surface area contributed by atoms with Crippen LogP contribution in [0.3, 0.4) is 0 Å². The van der Waals surface area contributed by atoms with Gasteiger partial charge in [-0.05, 0) is 18.6 Å². The Kier molecular flexibility index (Phi) is 13.9. The van der Waals surface area contributed by atoms with Crippen LogP contribution in [0, 0.1) is 0 Å². The van der Waals surface area contributed by atoms with E-state index in [4.69, 9.17) is 14.1 Å². The third-order valence-electron chi connectivity index (χ3n) is 3.66. The zero-order valence-corrected chi connectivity index (χ0v) is 16.1. The van der Waals surface area contributed by atoms with Gasteiger partial charge < -0.3 is 15.6 Å². The van der Waals surface area contributed by atoms with Crippen molar-refractivity contribution in [3.8, 4) is 5.75 Å². The summed E-state index contributed by atoms with van der Waals surface area (Å²) in [6.07, 6.45) is 10.1. The van der Waals surface area contributed by atoms with E-state index in [9.17, 15) is 4.57 Å². The number of benzene rings is 1. The van der Waals surface area contributed by atoms with Crippen LogP contribution in [0.5, 0.6) is 5.75 Å². The van der Waals surface area contributed by atoms with Crippen LogP contribution in [0.2, 0.25) is 0 Å². The van der Waals surface area contributed by atoms with Crippen molar-refractivity contribution in [3.05, 3.63) is 30.3 Å². The predicted octanol–water partition coefficient (Wildman–Crippen LogP) is 6.53. The molecule has 1 aromatic carbocycles. The fourth-order valence-corrected chi connectivity index (χ4v) is 3.12. The van der Waals surface area contributed by atoms with Gasteiger partial charge in [0.1, 0.15) is 0 Å². The van der Waals surface area contributed by atoms with Crippen LogP contribution in [-0.2, 0) is 13.8 Å². The Morgan fingerprint density at radius 3 is 2.04 bits per heavy atom. The van der Waals surface area contributed by atoms with Gasteiger partial charge in [-0.25, -0.2) is 0 Å². The van der Waals surface area contributed by atoms with Crippen LogP contribution in [0.4, 0.5) is 0 Å². The summed E-state index contributed by atoms with van der Waals surface area (Å²) in [5.41, 5.74) is 0. The molecule has 6 heteroatoms. The second-order valence-corrected chi connectivity index (χ2v) is 7.97. The summed E-state index contributed by atoms with van der Waals surface area (Å²) < 4.78 is 22.9. The van der Waals surface area contributed by atoms with Crippen LogP contribution in [0.25, 0.3) is 0 Å². The maximum Gasteiger partial charge on any atom is 0.368 e. The molecule has 0 aliphatic rings. The van der Waals surface area contributed by atoms with E-state index in [1.54, 1.807) is 19.1 Å². The fourth-order valence-electron chi connectivity index (χ4n) is 2.18. The Bertz CT molecular complexity index is 442. The first-order chi connectivity index (χ1) is 11.2. The van der Waals surface area contributed by atoms with Crippen LogP contribution in [-0.4, -0.2) is 12.8 Å². The molecule has 1 rings (SSSR count). The van der Waals surface area contributed by atoms with Crippen molar-refractivity contribution in [2.24, 2.45) is 0 Å². The van der Waals surface area contributed by atoms with Gasteiger partial charge in [-0.15, -0.1) is 0 Å². The lowest BCUT2D eigenvalue weighted by molar-refractivity contribution is -0.112. The Balaban J connectivity index is 0.00000529. The summed E-state index contributed by atoms with van der Waals surface area (Å²) in [6.45, 7) is 4.47. The topological polar surface area (TPSA) is 79.8 Å². The molecule has 0 saturated heterocycles. The second kappa shape index (κ2) is 14.5. The molecule has 0 heterocycles. The van der Waals surface area contributed by atoms with Crippen LogP contribution in [0.15, 0.2) is 30.3 Å². The molecule has 1 unspecified atom stereocenters. The SMILES string of the molecule is CCCCCCCCCCOP(=O)(CC)OOc1ccccc1.N. The van der Waals surface area contributed by atoms with Gasteiger partial charge >= 0.3 is 7.60 Å². The summed E-state index contributed by atoms with van der Waals surface area (Å²) in [4.78, 5) is 5.11. The number of rotatable bonds is 14. The molecule has 0 aliphatic carbocycles. The fraction of sp³-hybridized carbons (Fsp3) is 0.667. The number of unbranched alkanes of at least 4 members (excludes halogenated alkanes) is 7. The minimum absolute atomic E-state index is 0. The highest BCUT2D eigenvalue weighted by Gasteiger charge is 2.24. The quantitative estimate of drug-likeness (QED) is 0.177. The van der Waals surface area contributed by atoms with Crippen molar-refractivity contribution in [2.75, 3.05) is 12.8 Å². The molecule has 0 saturated carbocycles. The lowest BCUT2D eigenvalue weighted by Gasteiger charge is -2.15. The monoisotopic (exact) mass is 359 g/mol. The zero-order valence-electron chi connectivity index (χ0n) is 15.2. The average Bonchev–Trinajstić information content (AvgIpc) is 2.59. The average molecular weight is 359 g/mol. The molecule has 0 aromatic heterocycles. The van der Waals surface area contributed by atoms with Crippen LogP contribution < -0.4 is 11.0 Å². The van der Waals surface area contributed by atoms with Gasteiger partial charge in [0.15, 0.2) is 5.75 Å². The minimum Gasteiger partial charge on any atom is -0.344 e. The van der Waals surface area contributed by atoms with Crippen LogP contribution >= 0.6 is 7.60 Å². The first-order valence-corrected chi connectivity index (χ1v) is 10.6. The standard InChI is InChI=1S/C18H31O4P.H3N/c1-3-5-6-7-8-9-10-14-17-20-23(19,4-2)22-21-18-15-12-11-13-16-18;/h11-13,15-16H,3-10,14,17H2,1-2H3;1H3. The van der Waals surface area contributed by atoms with E-state index in [2.05, 4.69) is 6.92 Å². The Labute approximate surface area is 147 Å². The third-order valence-corrected chi connectivity index (χ3v) is 5.32. The van der Waals surface area contributed by atoms with Gasteiger partial charge in [-0.3, -0.25) is 4.57 Å². The molecule has 140 valence electrons. The molecular weight excluding hydrogens is 325 g/mol. The molecular formula is C18H34NO4P. The largest absolute Gasteiger partial charge is 0.368 e.